The maximum Gasteiger partial charge on any atom is 0.203 e. The fraction of sp³-hybridized carbons (Fsp3) is 0.222. The smallest absolute Gasteiger partial charge is 0.203 e. The van der Waals surface area contributed by atoms with E-state index >= 15 is 0 Å². The van der Waals surface area contributed by atoms with Crippen molar-refractivity contribution in [3.63, 3.8) is 0 Å². The fourth-order valence-corrected chi connectivity index (χ4v) is 5.22. The number of phenolic OH excluding ortho intramolecular Hbond substituents is 2. The van der Waals surface area contributed by atoms with Crippen LogP contribution >= 0.6 is 42.7 Å². The first kappa shape index (κ1) is 22.9. The second kappa shape index (κ2) is 11.0. The minimum absolute atomic E-state index is 0.0820. The van der Waals surface area contributed by atoms with Crippen molar-refractivity contribution < 1.29 is 18.6 Å². The van der Waals surface area contributed by atoms with Crippen molar-refractivity contribution in [3.8, 4) is 11.5 Å². The summed E-state index contributed by atoms with van der Waals surface area (Å²) in [6, 6.07) is 9.93. The first-order valence-electron chi connectivity index (χ1n) is 8.10. The van der Waals surface area contributed by atoms with E-state index in [9.17, 15) is 18.6 Å². The lowest BCUT2D eigenvalue weighted by molar-refractivity contribution is 0.474. The molecule has 0 unspecified atom stereocenters. The van der Waals surface area contributed by atoms with Crippen molar-refractivity contribution in [2.45, 2.75) is 0 Å². The van der Waals surface area contributed by atoms with Gasteiger partial charge in [0.05, 0.1) is 12.3 Å². The number of hydrogen-bond acceptors (Lipinski definition) is 7. The lowest BCUT2D eigenvalue weighted by Crippen LogP contribution is -2.06. The van der Waals surface area contributed by atoms with E-state index in [1.165, 1.54) is 18.5 Å². The standard InChI is InChI=1S/C18H18Br2N2O4S2/c19-15-1-3-17(23)13(9-15)11-21-5-7-27-28(25,26)8-6-22-12-14-10-16(20)2-4-18(14)24/h1-4,9-12,23-24H,5-8H2. The van der Waals surface area contributed by atoms with Gasteiger partial charge in [-0.05, 0) is 47.2 Å². The summed E-state index contributed by atoms with van der Waals surface area (Å²) in [6.07, 6.45) is 2.97. The predicted molar refractivity (Wildman–Crippen MR) is 123 cm³/mol. The van der Waals surface area contributed by atoms with Gasteiger partial charge in [0.15, 0.2) is 0 Å². The Kier molecular flexibility index (Phi) is 9.00. The number of nitrogens with zero attached hydrogens (tertiary/aromatic N) is 2. The molecule has 2 aromatic carbocycles. The summed E-state index contributed by atoms with van der Waals surface area (Å²) in [7, 11) is -2.48. The highest BCUT2D eigenvalue weighted by molar-refractivity contribution is 9.10. The van der Waals surface area contributed by atoms with Crippen LogP contribution in [0, 0.1) is 0 Å². The van der Waals surface area contributed by atoms with Crippen molar-refractivity contribution in [2.24, 2.45) is 9.98 Å². The normalized spacial score (nSPS) is 12.2. The summed E-state index contributed by atoms with van der Waals surface area (Å²) in [4.78, 5) is 8.22. The number of hydrogen-bond donors (Lipinski definition) is 2. The Morgan fingerprint density at radius 1 is 0.893 bits per heavy atom. The molecule has 10 heteroatoms. The molecular weight excluding hydrogens is 532 g/mol. The third kappa shape index (κ3) is 7.94. The van der Waals surface area contributed by atoms with E-state index in [4.69, 9.17) is 0 Å². The van der Waals surface area contributed by atoms with Crippen molar-refractivity contribution in [1.82, 2.24) is 0 Å². The van der Waals surface area contributed by atoms with Crippen LogP contribution in [0.15, 0.2) is 55.3 Å². The molecule has 0 fully saturated rings. The third-order valence-corrected chi connectivity index (χ3v) is 7.85. The lowest BCUT2D eigenvalue weighted by atomic mass is 10.2. The van der Waals surface area contributed by atoms with E-state index in [1.807, 2.05) is 0 Å². The van der Waals surface area contributed by atoms with Crippen LogP contribution in [0.3, 0.4) is 0 Å². The summed E-state index contributed by atoms with van der Waals surface area (Å²) in [6.45, 7) is 0.418. The molecule has 0 atom stereocenters. The predicted octanol–water partition coefficient (Wildman–Crippen LogP) is 4.22. The highest BCUT2D eigenvalue weighted by atomic mass is 79.9. The molecule has 2 N–H and O–H groups in total. The average molecular weight is 550 g/mol. The molecule has 2 rings (SSSR count). The Balaban J connectivity index is 1.76. The van der Waals surface area contributed by atoms with Gasteiger partial charge in [-0.3, -0.25) is 9.98 Å². The molecule has 150 valence electrons. The lowest BCUT2D eigenvalue weighted by Gasteiger charge is -2.02. The summed E-state index contributed by atoms with van der Waals surface area (Å²) < 4.78 is 25.7. The average Bonchev–Trinajstić information content (AvgIpc) is 2.64. The summed E-state index contributed by atoms with van der Waals surface area (Å²) in [5.74, 6) is 0.406. The molecule has 0 aliphatic rings. The molecule has 0 saturated heterocycles. The van der Waals surface area contributed by atoms with Gasteiger partial charge in [0.1, 0.15) is 11.5 Å². The van der Waals surface area contributed by atoms with Gasteiger partial charge < -0.3 is 10.2 Å². The van der Waals surface area contributed by atoms with Crippen molar-refractivity contribution in [1.29, 1.82) is 0 Å². The second-order valence-electron chi connectivity index (χ2n) is 5.56. The zero-order chi connectivity index (χ0) is 20.6. The molecule has 0 radical (unpaired) electrons. The van der Waals surface area contributed by atoms with Gasteiger partial charge in [-0.2, -0.15) is 0 Å². The first-order valence-corrected chi connectivity index (χ1v) is 12.8. The van der Waals surface area contributed by atoms with Crippen LogP contribution in [0.25, 0.3) is 0 Å². The van der Waals surface area contributed by atoms with E-state index < -0.39 is 8.87 Å². The molecule has 0 aromatic heterocycles. The molecule has 0 saturated carbocycles. The molecular formula is C18H18Br2N2O4S2. The van der Waals surface area contributed by atoms with Crippen LogP contribution in [0.1, 0.15) is 11.1 Å². The van der Waals surface area contributed by atoms with Crippen LogP contribution in [-0.4, -0.2) is 55.7 Å². The number of aliphatic imine (C=N–C) groups is 2. The van der Waals surface area contributed by atoms with Gasteiger partial charge in [0.25, 0.3) is 0 Å². The fourth-order valence-electron chi connectivity index (χ4n) is 2.02. The van der Waals surface area contributed by atoms with E-state index in [-0.39, 0.29) is 23.8 Å². The van der Waals surface area contributed by atoms with Gasteiger partial charge >= 0.3 is 0 Å². The van der Waals surface area contributed by atoms with Crippen LogP contribution in [0.5, 0.6) is 11.5 Å². The number of aromatic hydroxyl groups is 2. The molecule has 6 nitrogen and oxygen atoms in total. The van der Waals surface area contributed by atoms with E-state index in [1.54, 1.807) is 30.3 Å². The minimum Gasteiger partial charge on any atom is -0.507 e. The molecule has 0 heterocycles. The Bertz CT molecular complexity index is 980. The molecule has 0 bridgehead atoms. The monoisotopic (exact) mass is 548 g/mol. The van der Waals surface area contributed by atoms with E-state index in [2.05, 4.69) is 41.8 Å². The number of rotatable bonds is 9. The highest BCUT2D eigenvalue weighted by Gasteiger charge is 2.10. The number of phenols is 2. The summed E-state index contributed by atoms with van der Waals surface area (Å²) >= 11 is 6.61. The van der Waals surface area contributed by atoms with Crippen LogP contribution < -0.4 is 0 Å². The zero-order valence-corrected chi connectivity index (χ0v) is 19.4. The van der Waals surface area contributed by atoms with Gasteiger partial charge in [-0.25, -0.2) is 8.42 Å². The van der Waals surface area contributed by atoms with Gasteiger partial charge in [0.2, 0.25) is 8.87 Å². The molecule has 0 aliphatic heterocycles. The third-order valence-electron chi connectivity index (χ3n) is 3.39. The van der Waals surface area contributed by atoms with E-state index in [0.29, 0.717) is 23.4 Å². The Morgan fingerprint density at radius 2 is 1.39 bits per heavy atom. The molecule has 0 spiro atoms. The maximum absolute atomic E-state index is 12.0. The number of halogens is 2. The molecule has 0 aliphatic carbocycles. The molecule has 2 aromatic rings. The Morgan fingerprint density at radius 3 is 1.93 bits per heavy atom. The minimum atomic E-state index is -3.31. The summed E-state index contributed by atoms with van der Waals surface area (Å²) in [5.41, 5.74) is 1.08. The highest BCUT2D eigenvalue weighted by Crippen LogP contribution is 2.21. The summed E-state index contributed by atoms with van der Waals surface area (Å²) in [5, 5.41) is 19.4. The van der Waals surface area contributed by atoms with Gasteiger partial charge in [0, 0.05) is 44.8 Å². The van der Waals surface area contributed by atoms with Crippen LogP contribution in [0.2, 0.25) is 0 Å². The Hall–Kier alpha value is -1.36. The van der Waals surface area contributed by atoms with Crippen molar-refractivity contribution in [3.05, 3.63) is 56.5 Å². The van der Waals surface area contributed by atoms with Crippen molar-refractivity contribution in [2.75, 3.05) is 24.6 Å². The Labute approximate surface area is 184 Å². The maximum atomic E-state index is 12.0. The van der Waals surface area contributed by atoms with Gasteiger partial charge in [-0.15, -0.1) is 0 Å². The number of benzene rings is 2. The van der Waals surface area contributed by atoms with Crippen LogP contribution in [-0.2, 0) is 8.87 Å². The zero-order valence-electron chi connectivity index (χ0n) is 14.6. The SMILES string of the molecule is O=S(=O)(CCN=Cc1cc(Br)ccc1O)SCCN=Cc1cc(Br)ccc1O. The molecule has 28 heavy (non-hydrogen) atoms. The quantitative estimate of drug-likeness (QED) is 0.277. The van der Waals surface area contributed by atoms with Gasteiger partial charge in [-0.1, -0.05) is 31.9 Å². The second-order valence-corrected chi connectivity index (χ2v) is 11.8. The van der Waals surface area contributed by atoms with Crippen molar-refractivity contribution >= 4 is 64.0 Å². The molecule has 0 amide bonds. The topological polar surface area (TPSA) is 99.3 Å². The largest absolute Gasteiger partial charge is 0.507 e. The van der Waals surface area contributed by atoms with E-state index in [0.717, 1.165) is 19.7 Å². The first-order chi connectivity index (χ1) is 13.3. The van der Waals surface area contributed by atoms with Crippen LogP contribution in [0.4, 0.5) is 0 Å².